The molecule has 0 spiro atoms. The van der Waals surface area contributed by atoms with E-state index in [1.807, 2.05) is 7.05 Å². The molecule has 5 nitrogen and oxygen atoms in total. The van der Waals surface area contributed by atoms with Crippen molar-refractivity contribution in [3.63, 3.8) is 0 Å². The summed E-state index contributed by atoms with van der Waals surface area (Å²) in [6.07, 6.45) is 3.63. The second-order valence-electron chi connectivity index (χ2n) is 6.53. The van der Waals surface area contributed by atoms with Gasteiger partial charge in [0.1, 0.15) is 4.88 Å². The Hall–Kier alpha value is -1.01. The number of carbonyl (C=O) groups is 1. The van der Waals surface area contributed by atoms with Gasteiger partial charge >= 0.3 is 0 Å². The van der Waals surface area contributed by atoms with Gasteiger partial charge in [0.15, 0.2) is 0 Å². The summed E-state index contributed by atoms with van der Waals surface area (Å²) in [7, 11) is 1.87. The normalized spacial score (nSPS) is 19.9. The van der Waals surface area contributed by atoms with Crippen LogP contribution in [0.2, 0.25) is 0 Å². The molecule has 1 aromatic rings. The lowest BCUT2D eigenvalue weighted by Crippen LogP contribution is -2.44. The fraction of sp³-hybridized carbons (Fsp3) is 0.786. The summed E-state index contributed by atoms with van der Waals surface area (Å²) >= 11 is 1.20. The third-order valence-electron chi connectivity index (χ3n) is 3.65. The van der Waals surface area contributed by atoms with Crippen molar-refractivity contribution in [1.82, 2.24) is 19.8 Å². The average molecular weight is 296 g/mol. The van der Waals surface area contributed by atoms with Crippen molar-refractivity contribution >= 4 is 17.4 Å². The molecule has 0 bridgehead atoms. The van der Waals surface area contributed by atoms with E-state index < -0.39 is 0 Å². The first-order valence-electron chi connectivity index (χ1n) is 7.21. The lowest BCUT2D eigenvalue weighted by molar-refractivity contribution is 0.0777. The molecule has 0 aromatic carbocycles. The number of rotatable bonds is 3. The van der Waals surface area contributed by atoms with Crippen molar-refractivity contribution in [3.8, 4) is 0 Å². The van der Waals surface area contributed by atoms with Crippen LogP contribution >= 0.6 is 11.5 Å². The van der Waals surface area contributed by atoms with Gasteiger partial charge in [0, 0.05) is 25.0 Å². The lowest BCUT2D eigenvalue weighted by Gasteiger charge is -2.28. The van der Waals surface area contributed by atoms with Crippen molar-refractivity contribution < 1.29 is 4.79 Å². The minimum atomic E-state index is -0.151. The summed E-state index contributed by atoms with van der Waals surface area (Å²) in [6, 6.07) is 0.414. The number of amides is 1. The van der Waals surface area contributed by atoms with Crippen LogP contribution in [0.15, 0.2) is 0 Å². The molecule has 0 radical (unpaired) electrons. The maximum atomic E-state index is 12.6. The molecule has 0 saturated carbocycles. The smallest absolute Gasteiger partial charge is 0.267 e. The van der Waals surface area contributed by atoms with Gasteiger partial charge in [-0.3, -0.25) is 4.79 Å². The van der Waals surface area contributed by atoms with Crippen LogP contribution in [-0.4, -0.2) is 46.6 Å². The van der Waals surface area contributed by atoms with Gasteiger partial charge in [0.2, 0.25) is 0 Å². The number of nitrogens with zero attached hydrogens (tertiary/aromatic N) is 3. The summed E-state index contributed by atoms with van der Waals surface area (Å²) in [4.78, 5) is 15.1. The van der Waals surface area contributed by atoms with E-state index in [9.17, 15) is 4.79 Å². The number of likely N-dealkylation sites (N-methyl/N-ethyl adjacent to an activating group) is 1. The van der Waals surface area contributed by atoms with Crippen LogP contribution in [0.25, 0.3) is 0 Å². The van der Waals surface area contributed by atoms with Crippen LogP contribution in [0.3, 0.4) is 0 Å². The molecule has 6 heteroatoms. The Morgan fingerprint density at radius 3 is 2.80 bits per heavy atom. The third kappa shape index (κ3) is 3.55. The first kappa shape index (κ1) is 15.4. The summed E-state index contributed by atoms with van der Waals surface area (Å²) in [5.41, 5.74) is 0.651. The number of hydrogen-bond acceptors (Lipinski definition) is 5. The van der Waals surface area contributed by atoms with Crippen molar-refractivity contribution in [2.75, 3.05) is 20.1 Å². The second kappa shape index (κ2) is 6.18. The number of carbonyl (C=O) groups excluding carboxylic acids is 1. The molecule has 1 N–H and O–H groups in total. The highest BCUT2D eigenvalue weighted by Gasteiger charge is 2.28. The van der Waals surface area contributed by atoms with Gasteiger partial charge < -0.3 is 10.2 Å². The molecule has 1 saturated heterocycles. The fourth-order valence-corrected chi connectivity index (χ4v) is 3.36. The summed E-state index contributed by atoms with van der Waals surface area (Å²) in [5.74, 6) is 0.0392. The highest BCUT2D eigenvalue weighted by atomic mass is 32.1. The van der Waals surface area contributed by atoms with Crippen LogP contribution in [0.1, 0.15) is 55.4 Å². The van der Waals surface area contributed by atoms with Gasteiger partial charge in [0.25, 0.3) is 5.91 Å². The lowest BCUT2D eigenvalue weighted by atomic mass is 9.91. The molecular weight excluding hydrogens is 272 g/mol. The maximum absolute atomic E-state index is 12.6. The molecular formula is C14H24N4OS. The van der Waals surface area contributed by atoms with Gasteiger partial charge in [-0.1, -0.05) is 31.7 Å². The summed E-state index contributed by atoms with van der Waals surface area (Å²) in [5, 5.41) is 7.62. The van der Waals surface area contributed by atoms with Gasteiger partial charge in [0.05, 0.1) is 5.69 Å². The zero-order chi connectivity index (χ0) is 14.8. The van der Waals surface area contributed by atoms with Crippen molar-refractivity contribution in [2.24, 2.45) is 0 Å². The monoisotopic (exact) mass is 296 g/mol. The Labute approximate surface area is 124 Å². The van der Waals surface area contributed by atoms with E-state index >= 15 is 0 Å². The van der Waals surface area contributed by atoms with Gasteiger partial charge in [-0.05, 0) is 30.9 Å². The van der Waals surface area contributed by atoms with Crippen LogP contribution < -0.4 is 5.32 Å². The molecule has 2 rings (SSSR count). The molecule has 1 aliphatic heterocycles. The molecule has 1 unspecified atom stereocenters. The third-order valence-corrected chi connectivity index (χ3v) is 4.36. The quantitative estimate of drug-likeness (QED) is 0.927. The topological polar surface area (TPSA) is 58.1 Å². The molecule has 1 atom stereocenters. The minimum Gasteiger partial charge on any atom is -0.339 e. The SMILES string of the molecule is CN(CC1CCCCN1)C(=O)c1snnc1C(C)(C)C. The van der Waals surface area contributed by atoms with Gasteiger partial charge in [-0.25, -0.2) is 0 Å². The number of aromatic nitrogens is 2. The predicted molar refractivity (Wildman–Crippen MR) is 81.2 cm³/mol. The second-order valence-corrected chi connectivity index (χ2v) is 7.29. The van der Waals surface area contributed by atoms with E-state index in [1.165, 1.54) is 24.4 Å². The Balaban J connectivity index is 2.05. The first-order valence-corrected chi connectivity index (χ1v) is 7.98. The van der Waals surface area contributed by atoms with Gasteiger partial charge in [-0.15, -0.1) is 5.10 Å². The summed E-state index contributed by atoms with van der Waals surface area (Å²) in [6.45, 7) is 7.98. The summed E-state index contributed by atoms with van der Waals surface area (Å²) < 4.78 is 3.97. The van der Waals surface area contributed by atoms with E-state index in [4.69, 9.17) is 0 Å². The zero-order valence-electron chi connectivity index (χ0n) is 12.8. The van der Waals surface area contributed by atoms with Crippen LogP contribution in [0.5, 0.6) is 0 Å². The van der Waals surface area contributed by atoms with Crippen molar-refractivity contribution in [3.05, 3.63) is 10.6 Å². The standard InChI is InChI=1S/C14H24N4OS/c1-14(2,3)12-11(20-17-16-12)13(19)18(4)9-10-7-5-6-8-15-10/h10,15H,5-9H2,1-4H3. The Morgan fingerprint density at radius 2 is 2.20 bits per heavy atom. The average Bonchev–Trinajstić information content (AvgIpc) is 2.88. The predicted octanol–water partition coefficient (Wildman–Crippen LogP) is 2.05. The zero-order valence-corrected chi connectivity index (χ0v) is 13.6. The largest absolute Gasteiger partial charge is 0.339 e. The molecule has 0 aliphatic carbocycles. The molecule has 1 aromatic heterocycles. The Kier molecular flexibility index (Phi) is 4.75. The molecule has 20 heavy (non-hydrogen) atoms. The molecule has 2 heterocycles. The van der Waals surface area contributed by atoms with E-state index in [0.29, 0.717) is 10.9 Å². The van der Waals surface area contributed by atoms with E-state index in [2.05, 4.69) is 35.7 Å². The number of piperidine rings is 1. The highest BCUT2D eigenvalue weighted by molar-refractivity contribution is 7.08. The first-order chi connectivity index (χ1) is 9.39. The Bertz CT molecular complexity index is 460. The van der Waals surface area contributed by atoms with Gasteiger partial charge in [-0.2, -0.15) is 0 Å². The van der Waals surface area contributed by atoms with Crippen molar-refractivity contribution in [1.29, 1.82) is 0 Å². The maximum Gasteiger partial charge on any atom is 0.267 e. The van der Waals surface area contributed by atoms with Crippen LogP contribution in [0, 0.1) is 0 Å². The van der Waals surface area contributed by atoms with E-state index in [1.54, 1.807) is 4.90 Å². The van der Waals surface area contributed by atoms with E-state index in [0.717, 1.165) is 25.2 Å². The fourth-order valence-electron chi connectivity index (χ4n) is 2.49. The minimum absolute atomic E-state index is 0.0392. The van der Waals surface area contributed by atoms with Crippen LogP contribution in [0.4, 0.5) is 0 Å². The molecule has 1 amide bonds. The molecule has 1 aliphatic rings. The van der Waals surface area contributed by atoms with Crippen molar-refractivity contribution in [2.45, 2.75) is 51.5 Å². The number of hydrogen-bond donors (Lipinski definition) is 1. The van der Waals surface area contributed by atoms with Crippen LogP contribution in [-0.2, 0) is 5.41 Å². The number of nitrogens with one attached hydrogen (secondary N) is 1. The molecule has 1 fully saturated rings. The van der Waals surface area contributed by atoms with E-state index in [-0.39, 0.29) is 11.3 Å². The Morgan fingerprint density at radius 1 is 1.45 bits per heavy atom. The highest BCUT2D eigenvalue weighted by Crippen LogP contribution is 2.26. The molecule has 112 valence electrons.